The Balaban J connectivity index is 2.00. The van der Waals surface area contributed by atoms with Gasteiger partial charge in [-0.3, -0.25) is 4.79 Å². The summed E-state index contributed by atoms with van der Waals surface area (Å²) in [6, 6.07) is 0. The number of carbonyl (C=O) groups is 1. The summed E-state index contributed by atoms with van der Waals surface area (Å²) in [4.78, 5) is 10.7. The van der Waals surface area contributed by atoms with Crippen LogP contribution in [0.5, 0.6) is 0 Å². The number of rotatable bonds is 4. The van der Waals surface area contributed by atoms with E-state index in [-0.39, 0.29) is 18.6 Å². The second-order valence-electron chi connectivity index (χ2n) is 5.17. The van der Waals surface area contributed by atoms with Gasteiger partial charge in [0.2, 0.25) is 0 Å². The second kappa shape index (κ2) is 5.85. The first-order valence-electron chi connectivity index (χ1n) is 6.85. The van der Waals surface area contributed by atoms with Crippen LogP contribution in [0, 0.1) is 0 Å². The summed E-state index contributed by atoms with van der Waals surface area (Å²) < 4.78 is 12.1. The van der Waals surface area contributed by atoms with Crippen LogP contribution in [0.3, 0.4) is 0 Å². The van der Waals surface area contributed by atoms with Crippen molar-refractivity contribution in [1.29, 1.82) is 0 Å². The van der Waals surface area contributed by atoms with E-state index in [1.165, 1.54) is 6.42 Å². The highest BCUT2D eigenvalue weighted by molar-refractivity contribution is 5.66. The lowest BCUT2D eigenvalue weighted by Gasteiger charge is -2.31. The van der Waals surface area contributed by atoms with Gasteiger partial charge in [-0.15, -0.1) is 0 Å². The summed E-state index contributed by atoms with van der Waals surface area (Å²) in [7, 11) is 0. The third-order valence-corrected chi connectivity index (χ3v) is 3.72. The number of ether oxygens (including phenoxy) is 2. The molecule has 1 heterocycles. The molecule has 0 aromatic carbocycles. The Morgan fingerprint density at radius 2 is 2.06 bits per heavy atom. The van der Waals surface area contributed by atoms with E-state index in [2.05, 4.69) is 0 Å². The zero-order chi connectivity index (χ0) is 13.0. The highest BCUT2D eigenvalue weighted by atomic mass is 16.8. The van der Waals surface area contributed by atoms with Gasteiger partial charge in [-0.2, -0.15) is 0 Å². The predicted molar refractivity (Wildman–Crippen MR) is 67.2 cm³/mol. The summed E-state index contributed by atoms with van der Waals surface area (Å²) in [5, 5.41) is 8.78. The molecule has 102 valence electrons. The number of hydrogen-bond acceptors (Lipinski definition) is 3. The van der Waals surface area contributed by atoms with E-state index in [0.29, 0.717) is 6.42 Å². The minimum atomic E-state index is -0.776. The quantitative estimate of drug-likeness (QED) is 0.784. The molecule has 2 atom stereocenters. The molecule has 4 heteroatoms. The maximum absolute atomic E-state index is 10.7. The summed E-state index contributed by atoms with van der Waals surface area (Å²) in [6.45, 7) is 1.95. The first-order chi connectivity index (χ1) is 8.65. The molecule has 1 saturated heterocycles. The predicted octanol–water partition coefficient (Wildman–Crippen LogP) is 2.87. The summed E-state index contributed by atoms with van der Waals surface area (Å²) in [5.74, 6) is -1.21. The Bertz CT molecular complexity index is 318. The third kappa shape index (κ3) is 3.12. The standard InChI is InChI=1S/C14H22O4/c1-2-6-11-12(7-8-13(15)16)18-14(17-11)9-4-3-5-10-14/h2,6,11-12H,3-5,7-10H2,1H3,(H,15,16)/b6-2+/t11-,12+/m0/s1. The molecule has 0 bridgehead atoms. The normalized spacial score (nSPS) is 31.2. The highest BCUT2D eigenvalue weighted by Gasteiger charge is 2.46. The first-order valence-corrected chi connectivity index (χ1v) is 6.85. The molecule has 1 aliphatic heterocycles. The van der Waals surface area contributed by atoms with Crippen molar-refractivity contribution in [2.24, 2.45) is 0 Å². The minimum Gasteiger partial charge on any atom is -0.481 e. The van der Waals surface area contributed by atoms with Crippen molar-refractivity contribution in [2.45, 2.75) is 69.9 Å². The van der Waals surface area contributed by atoms with Gasteiger partial charge < -0.3 is 14.6 Å². The largest absolute Gasteiger partial charge is 0.481 e. The smallest absolute Gasteiger partial charge is 0.303 e. The molecule has 18 heavy (non-hydrogen) atoms. The van der Waals surface area contributed by atoms with E-state index in [1.807, 2.05) is 19.1 Å². The Labute approximate surface area is 108 Å². The zero-order valence-electron chi connectivity index (χ0n) is 10.9. The fourth-order valence-corrected chi connectivity index (χ4v) is 2.86. The average molecular weight is 254 g/mol. The van der Waals surface area contributed by atoms with Gasteiger partial charge in [-0.05, 0) is 26.2 Å². The lowest BCUT2D eigenvalue weighted by Crippen LogP contribution is -2.33. The molecule has 1 N–H and O–H groups in total. The lowest BCUT2D eigenvalue weighted by atomic mass is 9.94. The van der Waals surface area contributed by atoms with Gasteiger partial charge >= 0.3 is 5.97 Å². The summed E-state index contributed by atoms with van der Waals surface area (Å²) >= 11 is 0. The van der Waals surface area contributed by atoms with Crippen LogP contribution in [-0.4, -0.2) is 29.1 Å². The van der Waals surface area contributed by atoms with Crippen molar-refractivity contribution >= 4 is 5.97 Å². The Morgan fingerprint density at radius 3 is 2.67 bits per heavy atom. The first kappa shape index (κ1) is 13.6. The van der Waals surface area contributed by atoms with E-state index in [4.69, 9.17) is 14.6 Å². The molecule has 2 aliphatic rings. The van der Waals surface area contributed by atoms with Crippen LogP contribution in [0.25, 0.3) is 0 Å². The van der Waals surface area contributed by atoms with E-state index in [1.54, 1.807) is 0 Å². The van der Waals surface area contributed by atoms with Crippen molar-refractivity contribution in [3.63, 3.8) is 0 Å². The highest BCUT2D eigenvalue weighted by Crippen LogP contribution is 2.41. The molecule has 1 spiro atoms. The minimum absolute atomic E-state index is 0.0903. The molecule has 4 nitrogen and oxygen atoms in total. The van der Waals surface area contributed by atoms with Gasteiger partial charge in [0.1, 0.15) is 6.10 Å². The van der Waals surface area contributed by atoms with Crippen LogP contribution in [-0.2, 0) is 14.3 Å². The van der Waals surface area contributed by atoms with Crippen molar-refractivity contribution in [3.05, 3.63) is 12.2 Å². The van der Waals surface area contributed by atoms with Gasteiger partial charge in [-0.1, -0.05) is 18.6 Å². The zero-order valence-corrected chi connectivity index (χ0v) is 10.9. The van der Waals surface area contributed by atoms with E-state index in [0.717, 1.165) is 25.7 Å². The molecule has 2 fully saturated rings. The number of aliphatic carboxylic acids is 1. The van der Waals surface area contributed by atoms with Crippen molar-refractivity contribution < 1.29 is 19.4 Å². The average Bonchev–Trinajstić information content (AvgIpc) is 2.66. The van der Waals surface area contributed by atoms with Crippen LogP contribution in [0.1, 0.15) is 51.9 Å². The molecule has 0 aromatic rings. The van der Waals surface area contributed by atoms with Crippen molar-refractivity contribution in [2.75, 3.05) is 0 Å². The van der Waals surface area contributed by atoms with Gasteiger partial charge in [0.15, 0.2) is 5.79 Å². The van der Waals surface area contributed by atoms with Crippen LogP contribution < -0.4 is 0 Å². The SMILES string of the molecule is C/C=C/[C@@H]1OC2(CCCCC2)O[C@@H]1CCC(=O)O. The van der Waals surface area contributed by atoms with Crippen LogP contribution in [0.4, 0.5) is 0 Å². The molecule has 0 aromatic heterocycles. The summed E-state index contributed by atoms with van der Waals surface area (Å²) in [5.41, 5.74) is 0. The Kier molecular flexibility index (Phi) is 4.40. The van der Waals surface area contributed by atoms with E-state index in [9.17, 15) is 4.79 Å². The lowest BCUT2D eigenvalue weighted by molar-refractivity contribution is -0.192. The third-order valence-electron chi connectivity index (χ3n) is 3.72. The van der Waals surface area contributed by atoms with Gasteiger partial charge in [0.25, 0.3) is 0 Å². The number of carboxylic acids is 1. The van der Waals surface area contributed by atoms with E-state index < -0.39 is 11.8 Å². The van der Waals surface area contributed by atoms with Gasteiger partial charge in [0, 0.05) is 19.3 Å². The Morgan fingerprint density at radius 1 is 1.33 bits per heavy atom. The topological polar surface area (TPSA) is 55.8 Å². The fourth-order valence-electron chi connectivity index (χ4n) is 2.86. The van der Waals surface area contributed by atoms with Crippen molar-refractivity contribution in [1.82, 2.24) is 0 Å². The molecule has 0 amide bonds. The molecule has 0 unspecified atom stereocenters. The monoisotopic (exact) mass is 254 g/mol. The second-order valence-corrected chi connectivity index (χ2v) is 5.17. The molecular weight excluding hydrogens is 232 g/mol. The Hall–Kier alpha value is -0.870. The fraction of sp³-hybridized carbons (Fsp3) is 0.786. The van der Waals surface area contributed by atoms with Crippen LogP contribution in [0.2, 0.25) is 0 Å². The van der Waals surface area contributed by atoms with Crippen LogP contribution in [0.15, 0.2) is 12.2 Å². The molecule has 1 aliphatic carbocycles. The van der Waals surface area contributed by atoms with Gasteiger partial charge in [-0.25, -0.2) is 0 Å². The molecule has 2 rings (SSSR count). The summed E-state index contributed by atoms with van der Waals surface area (Å²) in [6.07, 6.45) is 9.76. The maximum atomic E-state index is 10.7. The number of carboxylic acid groups (broad SMARTS) is 1. The van der Waals surface area contributed by atoms with E-state index >= 15 is 0 Å². The molecular formula is C14H22O4. The number of allylic oxidation sites excluding steroid dienone is 1. The van der Waals surface area contributed by atoms with Gasteiger partial charge in [0.05, 0.1) is 6.10 Å². The number of hydrogen-bond donors (Lipinski definition) is 1. The molecule has 0 radical (unpaired) electrons. The van der Waals surface area contributed by atoms with Crippen molar-refractivity contribution in [3.8, 4) is 0 Å². The van der Waals surface area contributed by atoms with Crippen LogP contribution >= 0.6 is 0 Å². The molecule has 1 saturated carbocycles. The maximum Gasteiger partial charge on any atom is 0.303 e.